The molecule has 2 fully saturated rings. The van der Waals surface area contributed by atoms with Crippen LogP contribution in [0.2, 0.25) is 0 Å². The van der Waals surface area contributed by atoms with Crippen molar-refractivity contribution in [2.24, 2.45) is 5.41 Å². The van der Waals surface area contributed by atoms with Crippen LogP contribution in [0.5, 0.6) is 0 Å². The fourth-order valence-corrected chi connectivity index (χ4v) is 3.50. The highest BCUT2D eigenvalue weighted by Crippen LogP contribution is 2.38. The molecule has 2 rings (SSSR count). The predicted octanol–water partition coefficient (Wildman–Crippen LogP) is 2.11. The summed E-state index contributed by atoms with van der Waals surface area (Å²) in [4.78, 5) is 23.1. The molecule has 6 heteroatoms. The van der Waals surface area contributed by atoms with Crippen LogP contribution in [0.15, 0.2) is 0 Å². The Kier molecular flexibility index (Phi) is 5.85. The van der Waals surface area contributed by atoms with Crippen LogP contribution in [-0.2, 0) is 4.79 Å². The first-order valence-electron chi connectivity index (χ1n) is 8.11. The molecular weight excluding hydrogens is 270 g/mol. The maximum atomic E-state index is 12.0. The van der Waals surface area contributed by atoms with Crippen molar-refractivity contribution < 1.29 is 14.7 Å². The minimum Gasteiger partial charge on any atom is -0.481 e. The van der Waals surface area contributed by atoms with Crippen molar-refractivity contribution in [1.82, 2.24) is 15.8 Å². The van der Waals surface area contributed by atoms with E-state index >= 15 is 0 Å². The zero-order valence-electron chi connectivity index (χ0n) is 12.7. The van der Waals surface area contributed by atoms with Gasteiger partial charge < -0.3 is 10.4 Å². The number of rotatable bonds is 5. The summed E-state index contributed by atoms with van der Waals surface area (Å²) in [5.74, 6) is -0.768. The van der Waals surface area contributed by atoms with Crippen molar-refractivity contribution in [3.63, 3.8) is 0 Å². The summed E-state index contributed by atoms with van der Waals surface area (Å²) in [5, 5.41) is 14.0. The Hall–Kier alpha value is -1.30. The molecule has 1 aliphatic heterocycles. The van der Waals surface area contributed by atoms with Gasteiger partial charge in [0.15, 0.2) is 0 Å². The summed E-state index contributed by atoms with van der Waals surface area (Å²) in [6.07, 6.45) is 8.67. The smallest absolute Gasteiger partial charge is 0.329 e. The van der Waals surface area contributed by atoms with Crippen molar-refractivity contribution in [1.29, 1.82) is 0 Å². The van der Waals surface area contributed by atoms with Crippen molar-refractivity contribution in [2.75, 3.05) is 19.6 Å². The van der Waals surface area contributed by atoms with E-state index in [1.807, 2.05) is 5.01 Å². The standard InChI is InChI=1S/C15H27N3O3/c19-13(20)11-15(7-3-1-4-8-15)12-16-14(21)17-18-9-5-2-6-10-18/h1-12H2,(H,19,20)(H2,16,17,21). The number of hydrogen-bond donors (Lipinski definition) is 3. The number of carbonyl (C=O) groups excluding carboxylic acids is 1. The largest absolute Gasteiger partial charge is 0.481 e. The average molecular weight is 297 g/mol. The molecule has 2 aliphatic rings. The average Bonchev–Trinajstić information content (AvgIpc) is 2.47. The van der Waals surface area contributed by atoms with E-state index in [4.69, 9.17) is 5.11 Å². The highest BCUT2D eigenvalue weighted by molar-refractivity contribution is 5.73. The number of piperidine rings is 1. The Bertz CT molecular complexity index is 361. The number of carboxylic acids is 1. The molecule has 0 atom stereocenters. The molecular formula is C15H27N3O3. The molecule has 120 valence electrons. The van der Waals surface area contributed by atoms with E-state index in [1.165, 1.54) is 12.8 Å². The quantitative estimate of drug-likeness (QED) is 0.726. The summed E-state index contributed by atoms with van der Waals surface area (Å²) in [6.45, 7) is 2.25. The summed E-state index contributed by atoms with van der Waals surface area (Å²) >= 11 is 0. The molecule has 1 aliphatic carbocycles. The molecule has 6 nitrogen and oxygen atoms in total. The summed E-state index contributed by atoms with van der Waals surface area (Å²) in [7, 11) is 0. The second-order valence-corrected chi connectivity index (χ2v) is 6.47. The van der Waals surface area contributed by atoms with Gasteiger partial charge in [-0.05, 0) is 31.1 Å². The fourth-order valence-electron chi connectivity index (χ4n) is 3.50. The lowest BCUT2D eigenvalue weighted by molar-refractivity contribution is -0.140. The molecule has 2 amide bonds. The van der Waals surface area contributed by atoms with Crippen LogP contribution in [0.4, 0.5) is 4.79 Å². The minimum absolute atomic E-state index is 0.150. The number of hydrazine groups is 1. The van der Waals surface area contributed by atoms with Gasteiger partial charge in [0, 0.05) is 19.6 Å². The second-order valence-electron chi connectivity index (χ2n) is 6.47. The molecule has 0 spiro atoms. The number of carbonyl (C=O) groups is 2. The van der Waals surface area contributed by atoms with E-state index in [1.54, 1.807) is 0 Å². The molecule has 0 aromatic rings. The van der Waals surface area contributed by atoms with Gasteiger partial charge in [0.2, 0.25) is 0 Å². The van der Waals surface area contributed by atoms with E-state index in [-0.39, 0.29) is 17.9 Å². The topological polar surface area (TPSA) is 81.7 Å². The third-order valence-electron chi connectivity index (χ3n) is 4.68. The first-order chi connectivity index (χ1) is 10.1. The summed E-state index contributed by atoms with van der Waals surface area (Å²) in [5.41, 5.74) is 2.60. The first-order valence-corrected chi connectivity index (χ1v) is 8.11. The van der Waals surface area contributed by atoms with E-state index in [0.717, 1.165) is 51.6 Å². The molecule has 0 aromatic carbocycles. The van der Waals surface area contributed by atoms with Gasteiger partial charge in [0.25, 0.3) is 0 Å². The molecule has 1 heterocycles. The molecule has 0 bridgehead atoms. The molecule has 1 saturated carbocycles. The van der Waals surface area contributed by atoms with Crippen molar-refractivity contribution in [2.45, 2.75) is 57.8 Å². The van der Waals surface area contributed by atoms with Crippen LogP contribution < -0.4 is 10.7 Å². The van der Waals surface area contributed by atoms with Crippen LogP contribution in [0.25, 0.3) is 0 Å². The maximum Gasteiger partial charge on any atom is 0.329 e. The van der Waals surface area contributed by atoms with Gasteiger partial charge in [-0.1, -0.05) is 25.7 Å². The van der Waals surface area contributed by atoms with Crippen LogP contribution in [-0.4, -0.2) is 41.8 Å². The SMILES string of the molecule is O=C(O)CC1(CNC(=O)NN2CCCCC2)CCCCC1. The lowest BCUT2D eigenvalue weighted by Gasteiger charge is -2.36. The van der Waals surface area contributed by atoms with Gasteiger partial charge in [0.1, 0.15) is 0 Å². The lowest BCUT2D eigenvalue weighted by Crippen LogP contribution is -2.51. The Morgan fingerprint density at radius 1 is 1.00 bits per heavy atom. The van der Waals surface area contributed by atoms with Crippen LogP contribution >= 0.6 is 0 Å². The van der Waals surface area contributed by atoms with E-state index in [0.29, 0.717) is 6.54 Å². The molecule has 21 heavy (non-hydrogen) atoms. The third-order valence-corrected chi connectivity index (χ3v) is 4.68. The Morgan fingerprint density at radius 2 is 1.62 bits per heavy atom. The molecule has 3 N–H and O–H groups in total. The summed E-state index contributed by atoms with van der Waals surface area (Å²) in [6, 6.07) is -0.202. The zero-order valence-corrected chi connectivity index (χ0v) is 12.7. The van der Waals surface area contributed by atoms with Crippen molar-refractivity contribution in [3.05, 3.63) is 0 Å². The van der Waals surface area contributed by atoms with Gasteiger partial charge in [-0.3, -0.25) is 10.2 Å². The highest BCUT2D eigenvalue weighted by atomic mass is 16.4. The molecule has 0 unspecified atom stereocenters. The number of amides is 2. The summed E-state index contributed by atoms with van der Waals surface area (Å²) < 4.78 is 0. The number of aliphatic carboxylic acids is 1. The maximum absolute atomic E-state index is 12.0. The Labute approximate surface area is 126 Å². The van der Waals surface area contributed by atoms with E-state index in [2.05, 4.69) is 10.7 Å². The van der Waals surface area contributed by atoms with Gasteiger partial charge >= 0.3 is 12.0 Å². The zero-order chi connectivity index (χ0) is 15.1. The van der Waals surface area contributed by atoms with E-state index in [9.17, 15) is 9.59 Å². The van der Waals surface area contributed by atoms with Gasteiger partial charge in [0.05, 0.1) is 6.42 Å². The number of hydrogen-bond acceptors (Lipinski definition) is 3. The monoisotopic (exact) mass is 297 g/mol. The molecule has 0 radical (unpaired) electrons. The predicted molar refractivity (Wildman–Crippen MR) is 79.7 cm³/mol. The minimum atomic E-state index is -0.768. The highest BCUT2D eigenvalue weighted by Gasteiger charge is 2.34. The van der Waals surface area contributed by atoms with Crippen LogP contribution in [0, 0.1) is 5.41 Å². The third kappa shape index (κ3) is 5.19. The molecule has 1 saturated heterocycles. The van der Waals surface area contributed by atoms with Crippen LogP contribution in [0.1, 0.15) is 57.8 Å². The fraction of sp³-hybridized carbons (Fsp3) is 0.867. The Balaban J connectivity index is 1.79. The number of carboxylic acid groups (broad SMARTS) is 1. The Morgan fingerprint density at radius 3 is 2.24 bits per heavy atom. The molecule has 0 aromatic heterocycles. The number of urea groups is 1. The number of nitrogens with one attached hydrogen (secondary N) is 2. The van der Waals surface area contributed by atoms with Crippen molar-refractivity contribution in [3.8, 4) is 0 Å². The normalized spacial score (nSPS) is 22.5. The lowest BCUT2D eigenvalue weighted by atomic mass is 9.72. The van der Waals surface area contributed by atoms with E-state index < -0.39 is 5.97 Å². The van der Waals surface area contributed by atoms with Crippen molar-refractivity contribution >= 4 is 12.0 Å². The van der Waals surface area contributed by atoms with Gasteiger partial charge in [-0.15, -0.1) is 0 Å². The van der Waals surface area contributed by atoms with Gasteiger partial charge in [-0.2, -0.15) is 0 Å². The first kappa shape index (κ1) is 16.1. The van der Waals surface area contributed by atoms with Crippen LogP contribution in [0.3, 0.4) is 0 Å². The van der Waals surface area contributed by atoms with Gasteiger partial charge in [-0.25, -0.2) is 9.80 Å². The second kappa shape index (κ2) is 7.64. The number of nitrogens with zero attached hydrogens (tertiary/aromatic N) is 1.